The highest BCUT2D eigenvalue weighted by Crippen LogP contribution is 2.23. The van der Waals surface area contributed by atoms with E-state index < -0.39 is 0 Å². The molecule has 4 rings (SSSR count). The maximum Gasteiger partial charge on any atom is 0.229 e. The molecule has 0 saturated heterocycles. The predicted molar refractivity (Wildman–Crippen MR) is 86.1 cm³/mol. The van der Waals surface area contributed by atoms with Gasteiger partial charge in [-0.1, -0.05) is 47.7 Å². The fourth-order valence-corrected chi connectivity index (χ4v) is 2.52. The molecule has 5 nitrogen and oxygen atoms in total. The minimum absolute atomic E-state index is 0.180. The smallest absolute Gasteiger partial charge is 0.229 e. The normalized spacial score (nSPS) is 10.8. The Balaban J connectivity index is 1.87. The topological polar surface area (TPSA) is 60.2 Å². The van der Waals surface area contributed by atoms with E-state index in [1.54, 1.807) is 35.0 Å². The minimum atomic E-state index is -0.180. The van der Waals surface area contributed by atoms with E-state index in [4.69, 9.17) is 0 Å². The minimum Gasteiger partial charge on any atom is -0.285 e. The Morgan fingerprint density at radius 3 is 2.48 bits per heavy atom. The molecule has 0 atom stereocenters. The largest absolute Gasteiger partial charge is 0.285 e. The monoisotopic (exact) mass is 300 g/mol. The van der Waals surface area contributed by atoms with Crippen LogP contribution in [0.15, 0.2) is 72.9 Å². The number of fused-ring (bicyclic) bond motifs is 1. The molecule has 0 N–H and O–H groups in total. The summed E-state index contributed by atoms with van der Waals surface area (Å²) in [5.74, 6) is -0.180. The Bertz CT molecular complexity index is 978. The van der Waals surface area contributed by atoms with Gasteiger partial charge in [0.15, 0.2) is 0 Å². The van der Waals surface area contributed by atoms with E-state index in [0.717, 1.165) is 16.8 Å². The van der Waals surface area contributed by atoms with Crippen molar-refractivity contribution in [2.45, 2.75) is 0 Å². The average molecular weight is 300 g/mol. The predicted octanol–water partition coefficient (Wildman–Crippen LogP) is 3.02. The molecule has 3 heterocycles. The molecule has 3 aromatic heterocycles. The van der Waals surface area contributed by atoms with E-state index in [9.17, 15) is 4.79 Å². The van der Waals surface area contributed by atoms with Gasteiger partial charge in [-0.3, -0.25) is 9.78 Å². The first-order chi connectivity index (χ1) is 11.3. The molecule has 4 aromatic rings. The summed E-state index contributed by atoms with van der Waals surface area (Å²) < 4.78 is 1.57. The number of pyridine rings is 2. The molecule has 0 aliphatic carbocycles. The van der Waals surface area contributed by atoms with Crippen LogP contribution in [-0.2, 0) is 0 Å². The summed E-state index contributed by atoms with van der Waals surface area (Å²) in [6.45, 7) is 0. The van der Waals surface area contributed by atoms with Gasteiger partial charge in [-0.15, -0.1) is 5.10 Å². The van der Waals surface area contributed by atoms with Crippen molar-refractivity contribution >= 4 is 11.3 Å². The Morgan fingerprint density at radius 2 is 1.70 bits per heavy atom. The lowest BCUT2D eigenvalue weighted by Crippen LogP contribution is -2.10. The van der Waals surface area contributed by atoms with E-state index >= 15 is 0 Å². The van der Waals surface area contributed by atoms with Gasteiger partial charge in [-0.05, 0) is 24.3 Å². The second kappa shape index (κ2) is 5.46. The quantitative estimate of drug-likeness (QED) is 0.546. The van der Waals surface area contributed by atoms with Crippen molar-refractivity contribution in [2.24, 2.45) is 0 Å². The fourth-order valence-electron chi connectivity index (χ4n) is 2.52. The molecule has 0 bridgehead atoms. The van der Waals surface area contributed by atoms with Gasteiger partial charge >= 0.3 is 0 Å². The zero-order chi connectivity index (χ0) is 15.6. The highest BCUT2D eigenvalue weighted by Gasteiger charge is 2.17. The van der Waals surface area contributed by atoms with E-state index in [-0.39, 0.29) is 5.78 Å². The average Bonchev–Trinajstić information content (AvgIpc) is 3.07. The standard InChI is InChI=1S/C18H12N4O/c23-18(14-9-4-5-12-19-14)16-11-6-10-15-17(20-21-22(15)16)13-7-2-1-3-8-13/h1-12H. The number of carbonyl (C=O) groups excluding carboxylic acids is 1. The molecule has 0 aliphatic rings. The summed E-state index contributed by atoms with van der Waals surface area (Å²) in [7, 11) is 0. The Morgan fingerprint density at radius 1 is 0.870 bits per heavy atom. The second-order valence-corrected chi connectivity index (χ2v) is 5.06. The van der Waals surface area contributed by atoms with Crippen molar-refractivity contribution in [2.75, 3.05) is 0 Å². The molecule has 0 aliphatic heterocycles. The zero-order valence-electron chi connectivity index (χ0n) is 12.1. The first kappa shape index (κ1) is 13.3. The lowest BCUT2D eigenvalue weighted by molar-refractivity contribution is 0.102. The Labute approximate surface area is 132 Å². The van der Waals surface area contributed by atoms with Gasteiger partial charge in [-0.2, -0.15) is 0 Å². The van der Waals surface area contributed by atoms with Crippen molar-refractivity contribution in [3.05, 3.63) is 84.3 Å². The number of ketones is 1. The van der Waals surface area contributed by atoms with Crippen molar-refractivity contribution < 1.29 is 4.79 Å². The van der Waals surface area contributed by atoms with Crippen LogP contribution in [0.1, 0.15) is 16.2 Å². The molecule has 0 fully saturated rings. The van der Waals surface area contributed by atoms with Crippen LogP contribution < -0.4 is 0 Å². The van der Waals surface area contributed by atoms with Crippen LogP contribution in [0.5, 0.6) is 0 Å². The lowest BCUT2D eigenvalue weighted by Gasteiger charge is -2.03. The van der Waals surface area contributed by atoms with Crippen LogP contribution in [0.2, 0.25) is 0 Å². The van der Waals surface area contributed by atoms with Crippen LogP contribution in [0.3, 0.4) is 0 Å². The van der Waals surface area contributed by atoms with Crippen molar-refractivity contribution in [1.29, 1.82) is 0 Å². The van der Waals surface area contributed by atoms with Gasteiger partial charge in [0.05, 0.1) is 5.52 Å². The van der Waals surface area contributed by atoms with E-state index in [1.807, 2.05) is 42.5 Å². The summed E-state index contributed by atoms with van der Waals surface area (Å²) in [4.78, 5) is 16.8. The molecule has 110 valence electrons. The van der Waals surface area contributed by atoms with Gasteiger partial charge in [0.1, 0.15) is 17.1 Å². The summed E-state index contributed by atoms with van der Waals surface area (Å²) >= 11 is 0. The third-order valence-electron chi connectivity index (χ3n) is 3.62. The van der Waals surface area contributed by atoms with Crippen molar-refractivity contribution in [1.82, 2.24) is 19.8 Å². The second-order valence-electron chi connectivity index (χ2n) is 5.06. The number of nitrogens with zero attached hydrogens (tertiary/aromatic N) is 4. The van der Waals surface area contributed by atoms with Gasteiger partial charge in [-0.25, -0.2) is 4.52 Å². The van der Waals surface area contributed by atoms with Crippen LogP contribution in [0.25, 0.3) is 16.8 Å². The lowest BCUT2D eigenvalue weighted by atomic mass is 10.1. The Hall–Kier alpha value is -3.34. The first-order valence-electron chi connectivity index (χ1n) is 7.20. The summed E-state index contributed by atoms with van der Waals surface area (Å²) in [6.07, 6.45) is 1.60. The van der Waals surface area contributed by atoms with Crippen LogP contribution in [0, 0.1) is 0 Å². The fraction of sp³-hybridized carbons (Fsp3) is 0. The summed E-state index contributed by atoms with van der Waals surface area (Å²) in [5, 5.41) is 8.40. The third-order valence-corrected chi connectivity index (χ3v) is 3.62. The number of hydrogen-bond acceptors (Lipinski definition) is 4. The van der Waals surface area contributed by atoms with E-state index in [1.165, 1.54) is 0 Å². The molecule has 0 unspecified atom stereocenters. The highest BCUT2D eigenvalue weighted by atomic mass is 16.1. The van der Waals surface area contributed by atoms with E-state index in [0.29, 0.717) is 11.4 Å². The van der Waals surface area contributed by atoms with Gasteiger partial charge < -0.3 is 0 Å². The molecule has 0 radical (unpaired) electrons. The first-order valence-corrected chi connectivity index (χ1v) is 7.20. The molecule has 0 spiro atoms. The SMILES string of the molecule is O=C(c1ccccn1)c1cccc2c(-c3ccccc3)nnn12. The molecule has 23 heavy (non-hydrogen) atoms. The number of hydrogen-bond donors (Lipinski definition) is 0. The zero-order valence-corrected chi connectivity index (χ0v) is 12.1. The number of carbonyl (C=O) groups is 1. The van der Waals surface area contributed by atoms with E-state index in [2.05, 4.69) is 15.3 Å². The number of rotatable bonds is 3. The molecule has 5 heteroatoms. The van der Waals surface area contributed by atoms with Gasteiger partial charge in [0.25, 0.3) is 0 Å². The number of aromatic nitrogens is 4. The van der Waals surface area contributed by atoms with Crippen LogP contribution in [0.4, 0.5) is 0 Å². The maximum absolute atomic E-state index is 12.7. The summed E-state index contributed by atoms with van der Waals surface area (Å²) in [6, 6.07) is 20.5. The molecular formula is C18H12N4O. The third kappa shape index (κ3) is 2.28. The molecular weight excluding hydrogens is 288 g/mol. The van der Waals surface area contributed by atoms with Gasteiger partial charge in [0, 0.05) is 11.8 Å². The molecule has 1 aromatic carbocycles. The van der Waals surface area contributed by atoms with Crippen molar-refractivity contribution in [3.63, 3.8) is 0 Å². The number of benzene rings is 1. The highest BCUT2D eigenvalue weighted by molar-refractivity contribution is 6.07. The van der Waals surface area contributed by atoms with Crippen molar-refractivity contribution in [3.8, 4) is 11.3 Å². The van der Waals surface area contributed by atoms with Crippen LogP contribution >= 0.6 is 0 Å². The van der Waals surface area contributed by atoms with Gasteiger partial charge in [0.2, 0.25) is 5.78 Å². The summed E-state index contributed by atoms with van der Waals surface area (Å²) in [5.41, 5.74) is 3.33. The van der Waals surface area contributed by atoms with Crippen LogP contribution in [-0.4, -0.2) is 25.6 Å². The molecule has 0 amide bonds. The molecule has 0 saturated carbocycles. The maximum atomic E-state index is 12.7. The Kier molecular flexibility index (Phi) is 3.16.